The summed E-state index contributed by atoms with van der Waals surface area (Å²) in [5.74, 6) is 1.24. The zero-order chi connectivity index (χ0) is 18.9. The number of allylic oxidation sites excluding steroid dienone is 2. The van der Waals surface area contributed by atoms with Gasteiger partial charge in [0.15, 0.2) is 11.6 Å². The second kappa shape index (κ2) is 10.0. The quantitative estimate of drug-likeness (QED) is 0.622. The molecule has 26 heavy (non-hydrogen) atoms. The molecule has 1 aromatic heterocycles. The van der Waals surface area contributed by atoms with E-state index in [2.05, 4.69) is 53.2 Å². The monoisotopic (exact) mass is 361 g/mol. The normalized spacial score (nSPS) is 15.8. The van der Waals surface area contributed by atoms with Gasteiger partial charge in [-0.15, -0.1) is 0 Å². The van der Waals surface area contributed by atoms with Crippen molar-refractivity contribution >= 4 is 11.8 Å². The predicted molar refractivity (Wildman–Crippen MR) is 105 cm³/mol. The van der Waals surface area contributed by atoms with Gasteiger partial charge in [-0.25, -0.2) is 4.98 Å². The summed E-state index contributed by atoms with van der Waals surface area (Å²) < 4.78 is 5.99. The molecule has 0 bridgehead atoms. The molecule has 2 rings (SSSR count). The standard InChI is InChI=1S/C19H31N5O2/c1-4-5-8-15(12-25)22-18-17(11-21-19(20)23-18)26-13-16-10-14(2)7-6-9-24(16)3/h7,10-11,15,25H,4-6,8-9,12-13H2,1-3H3,(H3,20,21,22,23)/t15-/m0/s1. The first-order chi connectivity index (χ1) is 12.5. The van der Waals surface area contributed by atoms with E-state index >= 15 is 0 Å². The molecule has 1 aliphatic rings. The highest BCUT2D eigenvalue weighted by Gasteiger charge is 2.15. The molecule has 0 radical (unpaired) electrons. The molecule has 0 aliphatic carbocycles. The van der Waals surface area contributed by atoms with E-state index in [0.717, 1.165) is 37.9 Å². The van der Waals surface area contributed by atoms with Gasteiger partial charge in [0.05, 0.1) is 24.5 Å². The van der Waals surface area contributed by atoms with Crippen LogP contribution in [-0.2, 0) is 0 Å². The minimum atomic E-state index is -0.0865. The molecule has 1 aliphatic heterocycles. The molecule has 1 atom stereocenters. The topological polar surface area (TPSA) is 96.5 Å². The van der Waals surface area contributed by atoms with Gasteiger partial charge in [-0.05, 0) is 25.8 Å². The third kappa shape index (κ3) is 5.91. The molecule has 0 saturated carbocycles. The summed E-state index contributed by atoms with van der Waals surface area (Å²) in [5.41, 5.74) is 8.07. The van der Waals surface area contributed by atoms with Crippen molar-refractivity contribution in [2.45, 2.75) is 45.6 Å². The Balaban J connectivity index is 2.10. The number of nitrogens with one attached hydrogen (secondary N) is 1. The highest BCUT2D eigenvalue weighted by Crippen LogP contribution is 2.24. The van der Waals surface area contributed by atoms with Crippen LogP contribution in [0.4, 0.5) is 11.8 Å². The average molecular weight is 361 g/mol. The molecule has 0 aromatic carbocycles. The number of aliphatic hydroxyl groups excluding tert-OH is 1. The van der Waals surface area contributed by atoms with Gasteiger partial charge in [0.1, 0.15) is 6.61 Å². The van der Waals surface area contributed by atoms with E-state index in [-0.39, 0.29) is 18.6 Å². The van der Waals surface area contributed by atoms with E-state index in [0.29, 0.717) is 18.2 Å². The summed E-state index contributed by atoms with van der Waals surface area (Å²) in [6, 6.07) is -0.0865. The molecule has 7 nitrogen and oxygen atoms in total. The number of hydrogen-bond donors (Lipinski definition) is 3. The third-order valence-electron chi connectivity index (χ3n) is 4.43. The zero-order valence-electron chi connectivity index (χ0n) is 16.0. The van der Waals surface area contributed by atoms with Gasteiger partial charge < -0.3 is 25.8 Å². The number of nitrogens with two attached hydrogens (primary N) is 1. The first-order valence-electron chi connectivity index (χ1n) is 9.24. The van der Waals surface area contributed by atoms with Crippen molar-refractivity contribution in [2.75, 3.05) is 37.9 Å². The Morgan fingerprint density at radius 3 is 3.00 bits per heavy atom. The van der Waals surface area contributed by atoms with E-state index in [1.165, 1.54) is 5.57 Å². The van der Waals surface area contributed by atoms with Gasteiger partial charge in [-0.2, -0.15) is 4.98 Å². The van der Waals surface area contributed by atoms with Gasteiger partial charge in [0.25, 0.3) is 0 Å². The summed E-state index contributed by atoms with van der Waals surface area (Å²) in [7, 11) is 2.06. The van der Waals surface area contributed by atoms with Gasteiger partial charge >= 0.3 is 0 Å². The van der Waals surface area contributed by atoms with Gasteiger partial charge in [0, 0.05) is 13.6 Å². The number of aromatic nitrogens is 2. The number of nitrogens with zero attached hydrogens (tertiary/aromatic N) is 3. The van der Waals surface area contributed by atoms with Gasteiger partial charge in [-0.1, -0.05) is 31.4 Å². The molecular weight excluding hydrogens is 330 g/mol. The number of anilines is 2. The Labute approximate surface area is 156 Å². The lowest BCUT2D eigenvalue weighted by Crippen LogP contribution is -2.26. The van der Waals surface area contributed by atoms with Crippen molar-refractivity contribution in [1.29, 1.82) is 0 Å². The zero-order valence-corrected chi connectivity index (χ0v) is 16.0. The smallest absolute Gasteiger partial charge is 0.222 e. The van der Waals surface area contributed by atoms with Crippen LogP contribution in [0.2, 0.25) is 0 Å². The van der Waals surface area contributed by atoms with Crippen LogP contribution in [0.15, 0.2) is 29.6 Å². The molecule has 2 heterocycles. The SMILES string of the molecule is CCCC[C@@H](CO)Nc1nc(N)ncc1OCC1=CC(C)=CCCN1C. The summed E-state index contributed by atoms with van der Waals surface area (Å²) >= 11 is 0. The van der Waals surface area contributed by atoms with Crippen LogP contribution >= 0.6 is 0 Å². The Hall–Kier alpha value is -2.28. The van der Waals surface area contributed by atoms with Crippen molar-refractivity contribution in [3.63, 3.8) is 0 Å². The van der Waals surface area contributed by atoms with Crippen molar-refractivity contribution < 1.29 is 9.84 Å². The minimum absolute atomic E-state index is 0.0290. The number of ether oxygens (including phenoxy) is 1. The van der Waals surface area contributed by atoms with Crippen LogP contribution in [0, 0.1) is 0 Å². The van der Waals surface area contributed by atoms with Crippen molar-refractivity contribution in [1.82, 2.24) is 14.9 Å². The van der Waals surface area contributed by atoms with Crippen molar-refractivity contribution in [3.05, 3.63) is 29.6 Å². The molecule has 4 N–H and O–H groups in total. The lowest BCUT2D eigenvalue weighted by atomic mass is 10.1. The van der Waals surface area contributed by atoms with Gasteiger partial charge in [0.2, 0.25) is 5.95 Å². The lowest BCUT2D eigenvalue weighted by Gasteiger charge is -2.23. The van der Waals surface area contributed by atoms with Crippen LogP contribution in [0.5, 0.6) is 5.75 Å². The van der Waals surface area contributed by atoms with Crippen molar-refractivity contribution in [2.24, 2.45) is 0 Å². The van der Waals surface area contributed by atoms with Gasteiger partial charge in [-0.3, -0.25) is 0 Å². The molecular formula is C19H31N5O2. The minimum Gasteiger partial charge on any atom is -0.482 e. The second-order valence-corrected chi connectivity index (χ2v) is 6.69. The first-order valence-corrected chi connectivity index (χ1v) is 9.24. The van der Waals surface area contributed by atoms with E-state index in [1.54, 1.807) is 6.20 Å². The number of rotatable bonds is 9. The molecule has 0 saturated heterocycles. The van der Waals surface area contributed by atoms with Crippen LogP contribution in [-0.4, -0.2) is 52.8 Å². The lowest BCUT2D eigenvalue weighted by molar-refractivity contribution is 0.265. The molecule has 7 heteroatoms. The summed E-state index contributed by atoms with van der Waals surface area (Å²) in [6.07, 6.45) is 9.92. The van der Waals surface area contributed by atoms with E-state index in [4.69, 9.17) is 10.5 Å². The number of aliphatic hydroxyl groups is 1. The van der Waals surface area contributed by atoms with E-state index in [1.807, 2.05) is 0 Å². The largest absolute Gasteiger partial charge is 0.482 e. The molecule has 144 valence electrons. The third-order valence-corrected chi connectivity index (χ3v) is 4.43. The van der Waals surface area contributed by atoms with E-state index < -0.39 is 0 Å². The Morgan fingerprint density at radius 2 is 2.27 bits per heavy atom. The van der Waals surface area contributed by atoms with Crippen LogP contribution < -0.4 is 15.8 Å². The summed E-state index contributed by atoms with van der Waals surface area (Å²) in [6.45, 7) is 5.63. The summed E-state index contributed by atoms with van der Waals surface area (Å²) in [4.78, 5) is 10.5. The summed E-state index contributed by atoms with van der Waals surface area (Å²) in [5, 5.41) is 12.8. The van der Waals surface area contributed by atoms with Crippen LogP contribution in [0.1, 0.15) is 39.5 Å². The highest BCUT2D eigenvalue weighted by atomic mass is 16.5. The Kier molecular flexibility index (Phi) is 7.72. The maximum atomic E-state index is 9.60. The predicted octanol–water partition coefficient (Wildman–Crippen LogP) is 2.57. The Morgan fingerprint density at radius 1 is 1.46 bits per heavy atom. The highest BCUT2D eigenvalue weighted by molar-refractivity contribution is 5.52. The first kappa shape index (κ1) is 20.0. The number of hydrogen-bond acceptors (Lipinski definition) is 7. The molecule has 0 fully saturated rings. The maximum absolute atomic E-state index is 9.60. The fourth-order valence-corrected chi connectivity index (χ4v) is 2.81. The number of unbranched alkanes of at least 4 members (excludes halogenated alkanes) is 1. The maximum Gasteiger partial charge on any atom is 0.222 e. The van der Waals surface area contributed by atoms with Crippen LogP contribution in [0.25, 0.3) is 0 Å². The molecule has 0 amide bonds. The Bertz CT molecular complexity index is 645. The van der Waals surface area contributed by atoms with E-state index in [9.17, 15) is 5.11 Å². The molecule has 0 unspecified atom stereocenters. The fraction of sp³-hybridized carbons (Fsp3) is 0.579. The molecule has 0 spiro atoms. The second-order valence-electron chi connectivity index (χ2n) is 6.69. The van der Waals surface area contributed by atoms with Crippen LogP contribution in [0.3, 0.4) is 0 Å². The average Bonchev–Trinajstić information content (AvgIpc) is 2.78. The fourth-order valence-electron chi connectivity index (χ4n) is 2.81. The number of likely N-dealkylation sites (N-methyl/N-ethyl adjacent to an activating group) is 1. The number of nitrogen functional groups attached to an aromatic ring is 1. The molecule has 1 aromatic rings. The van der Waals surface area contributed by atoms with Crippen molar-refractivity contribution in [3.8, 4) is 5.75 Å².